The van der Waals surface area contributed by atoms with E-state index in [1.807, 2.05) is 0 Å². The molecule has 0 saturated heterocycles. The van der Waals surface area contributed by atoms with Crippen LogP contribution in [0.25, 0.3) is 0 Å². The zero-order chi connectivity index (χ0) is 13.5. The van der Waals surface area contributed by atoms with Gasteiger partial charge in [0.15, 0.2) is 11.6 Å². The van der Waals surface area contributed by atoms with E-state index in [0.29, 0.717) is 5.75 Å². The summed E-state index contributed by atoms with van der Waals surface area (Å²) in [5.41, 5.74) is 0.0463. The second-order valence-electron chi connectivity index (χ2n) is 5.68. The number of ether oxygens (including phenoxy) is 1. The molecule has 2 atom stereocenters. The molecule has 0 aliphatic heterocycles. The molecular weight excluding hydrogens is 270 g/mol. The van der Waals surface area contributed by atoms with E-state index in [2.05, 4.69) is 0 Å². The fourth-order valence-electron chi connectivity index (χ4n) is 3.42. The van der Waals surface area contributed by atoms with Crippen LogP contribution in [0.2, 0.25) is 0 Å². The molecule has 0 radical (unpaired) electrons. The van der Waals surface area contributed by atoms with Crippen LogP contribution in [-0.4, -0.2) is 11.5 Å². The lowest BCUT2D eigenvalue weighted by molar-refractivity contribution is -0.0651. The highest BCUT2D eigenvalue weighted by Crippen LogP contribution is 2.55. The molecule has 1 aromatic carbocycles. The second kappa shape index (κ2) is 4.93. The van der Waals surface area contributed by atoms with Crippen molar-refractivity contribution in [2.45, 2.75) is 50.0 Å². The molecule has 104 valence electrons. The number of alkyl halides is 1. The third-order valence-electron chi connectivity index (χ3n) is 4.64. The van der Waals surface area contributed by atoms with Crippen LogP contribution < -0.4 is 4.74 Å². The van der Waals surface area contributed by atoms with Crippen molar-refractivity contribution in [3.05, 3.63) is 29.8 Å². The molecule has 0 amide bonds. The lowest BCUT2D eigenvalue weighted by Gasteiger charge is -2.55. The molecule has 0 heterocycles. The second-order valence-corrected chi connectivity index (χ2v) is 6.21. The standard InChI is InChI=1S/C15H17ClF2O/c16-13-9-14(15(13)6-2-1-3-7-15)19-10-4-5-11(17)12(18)8-10/h4-5,8,13-14H,1-3,6-7,9H2. The lowest BCUT2D eigenvalue weighted by Crippen LogP contribution is -2.58. The topological polar surface area (TPSA) is 9.23 Å². The highest BCUT2D eigenvalue weighted by molar-refractivity contribution is 6.21. The van der Waals surface area contributed by atoms with E-state index in [9.17, 15) is 8.78 Å². The summed E-state index contributed by atoms with van der Waals surface area (Å²) in [5, 5.41) is 0.156. The minimum atomic E-state index is -0.864. The number of benzene rings is 1. The van der Waals surface area contributed by atoms with E-state index in [4.69, 9.17) is 16.3 Å². The van der Waals surface area contributed by atoms with Crippen molar-refractivity contribution >= 4 is 11.6 Å². The van der Waals surface area contributed by atoms with Gasteiger partial charge < -0.3 is 4.74 Å². The molecule has 19 heavy (non-hydrogen) atoms. The molecule has 1 aromatic rings. The van der Waals surface area contributed by atoms with Gasteiger partial charge in [-0.15, -0.1) is 11.6 Å². The van der Waals surface area contributed by atoms with Gasteiger partial charge in [0.05, 0.1) is 0 Å². The Morgan fingerprint density at radius 2 is 1.84 bits per heavy atom. The van der Waals surface area contributed by atoms with Crippen molar-refractivity contribution in [1.29, 1.82) is 0 Å². The van der Waals surface area contributed by atoms with Gasteiger partial charge in [0.1, 0.15) is 11.9 Å². The first-order chi connectivity index (χ1) is 9.12. The van der Waals surface area contributed by atoms with Crippen LogP contribution in [-0.2, 0) is 0 Å². The van der Waals surface area contributed by atoms with Crippen LogP contribution in [0.4, 0.5) is 8.78 Å². The molecule has 2 fully saturated rings. The highest BCUT2D eigenvalue weighted by atomic mass is 35.5. The number of halogens is 3. The van der Waals surface area contributed by atoms with Crippen molar-refractivity contribution < 1.29 is 13.5 Å². The third-order valence-corrected chi connectivity index (χ3v) is 5.25. The molecule has 1 nitrogen and oxygen atoms in total. The van der Waals surface area contributed by atoms with Crippen LogP contribution in [0.15, 0.2) is 18.2 Å². The molecule has 2 unspecified atom stereocenters. The first-order valence-electron chi connectivity index (χ1n) is 6.87. The number of hydrogen-bond donors (Lipinski definition) is 0. The Balaban J connectivity index is 1.74. The highest BCUT2D eigenvalue weighted by Gasteiger charge is 2.55. The monoisotopic (exact) mass is 286 g/mol. The van der Waals surface area contributed by atoms with E-state index >= 15 is 0 Å². The quantitative estimate of drug-likeness (QED) is 0.718. The predicted molar refractivity (Wildman–Crippen MR) is 70.6 cm³/mol. The van der Waals surface area contributed by atoms with E-state index in [1.165, 1.54) is 25.3 Å². The molecule has 0 aromatic heterocycles. The van der Waals surface area contributed by atoms with Crippen LogP contribution in [0.5, 0.6) is 5.75 Å². The summed E-state index contributed by atoms with van der Waals surface area (Å²) in [5.74, 6) is -1.31. The van der Waals surface area contributed by atoms with E-state index in [1.54, 1.807) is 0 Å². The molecular formula is C15H17ClF2O. The van der Waals surface area contributed by atoms with Crippen LogP contribution in [0.3, 0.4) is 0 Å². The number of hydrogen-bond acceptors (Lipinski definition) is 1. The van der Waals surface area contributed by atoms with Crippen molar-refractivity contribution in [2.75, 3.05) is 0 Å². The summed E-state index contributed by atoms with van der Waals surface area (Å²) in [6, 6.07) is 3.71. The largest absolute Gasteiger partial charge is 0.490 e. The summed E-state index contributed by atoms with van der Waals surface area (Å²) in [6.45, 7) is 0. The van der Waals surface area contributed by atoms with Crippen LogP contribution in [0.1, 0.15) is 38.5 Å². The fourth-order valence-corrected chi connectivity index (χ4v) is 3.94. The normalized spacial score (nSPS) is 29.0. The first kappa shape index (κ1) is 13.2. The molecule has 2 aliphatic rings. The molecule has 0 bridgehead atoms. The SMILES string of the molecule is Fc1ccc(OC2CC(Cl)C23CCCCC3)cc1F. The Labute approximate surface area is 116 Å². The molecule has 2 aliphatic carbocycles. The Morgan fingerprint density at radius 3 is 2.47 bits per heavy atom. The van der Waals surface area contributed by atoms with Crippen molar-refractivity contribution in [3.63, 3.8) is 0 Å². The molecule has 3 rings (SSSR count). The smallest absolute Gasteiger partial charge is 0.162 e. The molecule has 0 N–H and O–H groups in total. The first-order valence-corrected chi connectivity index (χ1v) is 7.31. The molecule has 4 heteroatoms. The van der Waals surface area contributed by atoms with Gasteiger partial charge in [-0.1, -0.05) is 19.3 Å². The van der Waals surface area contributed by atoms with Gasteiger partial charge in [0.25, 0.3) is 0 Å². The summed E-state index contributed by atoms with van der Waals surface area (Å²) in [4.78, 5) is 0. The maximum absolute atomic E-state index is 13.2. The molecule has 1 spiro atoms. The van der Waals surface area contributed by atoms with Gasteiger partial charge in [-0.3, -0.25) is 0 Å². The fraction of sp³-hybridized carbons (Fsp3) is 0.600. The Morgan fingerprint density at radius 1 is 1.11 bits per heavy atom. The Hall–Kier alpha value is -0.830. The van der Waals surface area contributed by atoms with E-state index < -0.39 is 11.6 Å². The summed E-state index contributed by atoms with van der Waals surface area (Å²) < 4.78 is 31.9. The van der Waals surface area contributed by atoms with Gasteiger partial charge in [-0.05, 0) is 25.0 Å². The summed E-state index contributed by atoms with van der Waals surface area (Å²) >= 11 is 6.39. The lowest BCUT2D eigenvalue weighted by atomic mass is 9.58. The van der Waals surface area contributed by atoms with Crippen molar-refractivity contribution in [1.82, 2.24) is 0 Å². The zero-order valence-electron chi connectivity index (χ0n) is 10.7. The van der Waals surface area contributed by atoms with Crippen molar-refractivity contribution in [2.24, 2.45) is 5.41 Å². The van der Waals surface area contributed by atoms with Crippen LogP contribution >= 0.6 is 11.6 Å². The summed E-state index contributed by atoms with van der Waals surface area (Å²) in [6.07, 6.45) is 6.61. The minimum Gasteiger partial charge on any atom is -0.490 e. The van der Waals surface area contributed by atoms with Gasteiger partial charge in [0.2, 0.25) is 0 Å². The van der Waals surface area contributed by atoms with Gasteiger partial charge >= 0.3 is 0 Å². The average Bonchev–Trinajstić information content (AvgIpc) is 2.43. The third kappa shape index (κ3) is 2.22. The van der Waals surface area contributed by atoms with E-state index in [0.717, 1.165) is 31.4 Å². The zero-order valence-corrected chi connectivity index (χ0v) is 11.4. The Kier molecular flexibility index (Phi) is 3.42. The Bertz CT molecular complexity index is 471. The maximum atomic E-state index is 13.2. The minimum absolute atomic E-state index is 0.0418. The predicted octanol–water partition coefficient (Wildman–Crippen LogP) is 4.67. The number of rotatable bonds is 2. The molecule has 2 saturated carbocycles. The van der Waals surface area contributed by atoms with Gasteiger partial charge in [0, 0.05) is 23.3 Å². The summed E-state index contributed by atoms with van der Waals surface area (Å²) in [7, 11) is 0. The maximum Gasteiger partial charge on any atom is 0.162 e. The van der Waals surface area contributed by atoms with Gasteiger partial charge in [-0.2, -0.15) is 0 Å². The van der Waals surface area contributed by atoms with Crippen LogP contribution in [0, 0.1) is 17.0 Å². The van der Waals surface area contributed by atoms with Gasteiger partial charge in [-0.25, -0.2) is 8.78 Å². The average molecular weight is 287 g/mol. The van der Waals surface area contributed by atoms with Crippen molar-refractivity contribution in [3.8, 4) is 5.75 Å². The van der Waals surface area contributed by atoms with E-state index in [-0.39, 0.29) is 16.9 Å².